The zero-order valence-electron chi connectivity index (χ0n) is 15.4. The van der Waals surface area contributed by atoms with Crippen LogP contribution in [0.3, 0.4) is 0 Å². The molecule has 0 bridgehead atoms. The van der Waals surface area contributed by atoms with Gasteiger partial charge in [0, 0.05) is 5.56 Å². The van der Waals surface area contributed by atoms with Gasteiger partial charge >= 0.3 is 6.09 Å². The van der Waals surface area contributed by atoms with Gasteiger partial charge in [-0.3, -0.25) is 4.79 Å². The predicted octanol–water partition coefficient (Wildman–Crippen LogP) is 5.04. The molecule has 2 aromatic carbocycles. The largest absolute Gasteiger partial charge is 0.495 e. The Morgan fingerprint density at radius 2 is 1.82 bits per heavy atom. The molecule has 0 heterocycles. The number of anilines is 1. The fourth-order valence-corrected chi connectivity index (χ4v) is 2.82. The summed E-state index contributed by atoms with van der Waals surface area (Å²) in [6.07, 6.45) is 1.11. The maximum Gasteiger partial charge on any atom is 0.408 e. The lowest BCUT2D eigenvalue weighted by molar-refractivity contribution is -0.117. The number of alkyl carbamates (subject to hydrolysis) is 1. The first-order chi connectivity index (χ1) is 13.4. The Balaban J connectivity index is 2.00. The molecule has 1 atom stereocenters. The van der Waals surface area contributed by atoms with Crippen LogP contribution in [0, 0.1) is 0 Å². The molecule has 0 unspecified atom stereocenters. The van der Waals surface area contributed by atoms with Crippen LogP contribution in [0.4, 0.5) is 10.5 Å². The second kappa shape index (κ2) is 10.9. The van der Waals surface area contributed by atoms with Gasteiger partial charge in [-0.15, -0.1) is 0 Å². The number of carbonyl (C=O) groups is 2. The molecule has 2 aromatic rings. The van der Waals surface area contributed by atoms with Crippen LogP contribution in [0.15, 0.2) is 51.9 Å². The van der Waals surface area contributed by atoms with Crippen molar-refractivity contribution in [2.75, 3.05) is 12.4 Å². The van der Waals surface area contributed by atoms with Gasteiger partial charge in [-0.25, -0.2) is 4.79 Å². The molecule has 148 valence electrons. The number of hydrogen-bond acceptors (Lipinski definition) is 4. The smallest absolute Gasteiger partial charge is 0.408 e. The molecule has 2 amide bonds. The highest BCUT2D eigenvalue weighted by atomic mass is 79.9. The lowest BCUT2D eigenvalue weighted by atomic mass is 10.1. The van der Waals surface area contributed by atoms with E-state index in [2.05, 4.69) is 42.5 Å². The van der Waals surface area contributed by atoms with E-state index in [1.807, 2.05) is 42.5 Å². The molecule has 2 N–H and O–H groups in total. The summed E-state index contributed by atoms with van der Waals surface area (Å²) in [6, 6.07) is 13.9. The van der Waals surface area contributed by atoms with Crippen LogP contribution in [0.25, 0.3) is 6.08 Å². The Kier molecular flexibility index (Phi) is 8.53. The number of methoxy groups -OCH3 is 1. The van der Waals surface area contributed by atoms with E-state index in [4.69, 9.17) is 9.47 Å². The van der Waals surface area contributed by atoms with Gasteiger partial charge in [0.2, 0.25) is 5.91 Å². The summed E-state index contributed by atoms with van der Waals surface area (Å²) in [5.41, 5.74) is 2.09. The van der Waals surface area contributed by atoms with E-state index in [1.165, 1.54) is 7.11 Å². The monoisotopic (exact) mass is 510 g/mol. The molecular formula is C20H20Br2N2O4. The van der Waals surface area contributed by atoms with Crippen molar-refractivity contribution >= 4 is 55.6 Å². The summed E-state index contributed by atoms with van der Waals surface area (Å²) in [6.45, 7) is 1.70. The molecular weight excluding hydrogens is 492 g/mol. The average Bonchev–Trinajstić information content (AvgIpc) is 2.68. The first kappa shape index (κ1) is 22.0. The predicted molar refractivity (Wildman–Crippen MR) is 117 cm³/mol. The molecule has 0 spiro atoms. The number of benzene rings is 2. The molecule has 2 rings (SSSR count). The summed E-state index contributed by atoms with van der Waals surface area (Å²) < 4.78 is 11.2. The number of para-hydroxylation sites is 1. The van der Waals surface area contributed by atoms with Crippen molar-refractivity contribution in [3.05, 3.63) is 63.0 Å². The van der Waals surface area contributed by atoms with Crippen LogP contribution in [-0.4, -0.2) is 25.2 Å². The van der Waals surface area contributed by atoms with Crippen LogP contribution < -0.4 is 15.4 Å². The third-order valence-corrected chi connectivity index (χ3v) is 4.19. The van der Waals surface area contributed by atoms with Crippen LogP contribution in [-0.2, 0) is 16.1 Å². The van der Waals surface area contributed by atoms with E-state index in [0.717, 1.165) is 11.1 Å². The number of rotatable bonds is 7. The number of halogens is 2. The third kappa shape index (κ3) is 6.69. The Morgan fingerprint density at radius 3 is 2.46 bits per heavy atom. The van der Waals surface area contributed by atoms with E-state index < -0.39 is 18.0 Å². The van der Waals surface area contributed by atoms with Gasteiger partial charge < -0.3 is 20.1 Å². The van der Waals surface area contributed by atoms with Gasteiger partial charge in [0.05, 0.1) is 16.2 Å². The molecule has 0 aromatic heterocycles. The fraction of sp³-hybridized carbons (Fsp3) is 0.200. The summed E-state index contributed by atoms with van der Waals surface area (Å²) in [5, 5.41) is 5.31. The molecule has 0 fully saturated rings. The number of ether oxygens (including phenoxy) is 2. The van der Waals surface area contributed by atoms with Crippen molar-refractivity contribution in [1.29, 1.82) is 0 Å². The maximum absolute atomic E-state index is 12.5. The maximum atomic E-state index is 12.5. The molecule has 0 saturated carbocycles. The lowest BCUT2D eigenvalue weighted by Gasteiger charge is -2.17. The van der Waals surface area contributed by atoms with Crippen molar-refractivity contribution in [3.63, 3.8) is 0 Å². The highest BCUT2D eigenvalue weighted by Crippen LogP contribution is 2.31. The number of nitrogens with one attached hydrogen (secondary N) is 2. The second-order valence-corrected chi connectivity index (χ2v) is 8.55. The number of amides is 2. The minimum absolute atomic E-state index is 0.127. The fourth-order valence-electron chi connectivity index (χ4n) is 2.33. The summed E-state index contributed by atoms with van der Waals surface area (Å²) in [5.74, 6) is 0.101. The molecule has 0 saturated heterocycles. The quantitative estimate of drug-likeness (QED) is 0.546. The lowest BCUT2D eigenvalue weighted by Crippen LogP contribution is -2.41. The Morgan fingerprint density at radius 1 is 1.11 bits per heavy atom. The van der Waals surface area contributed by atoms with Crippen molar-refractivity contribution in [1.82, 2.24) is 5.32 Å². The zero-order valence-corrected chi connectivity index (χ0v) is 18.5. The van der Waals surface area contributed by atoms with Crippen LogP contribution >= 0.6 is 31.9 Å². The van der Waals surface area contributed by atoms with Gasteiger partial charge in [0.1, 0.15) is 18.4 Å². The highest BCUT2D eigenvalue weighted by Gasteiger charge is 2.19. The first-order valence-electron chi connectivity index (χ1n) is 8.38. The number of hydrogen-bond donors (Lipinski definition) is 2. The molecule has 0 aliphatic heterocycles. The third-order valence-electron chi connectivity index (χ3n) is 3.73. The van der Waals surface area contributed by atoms with Crippen molar-refractivity contribution < 1.29 is 19.1 Å². The molecule has 6 nitrogen and oxygen atoms in total. The molecule has 0 radical (unpaired) electrons. The molecule has 0 aliphatic rings. The molecule has 8 heteroatoms. The standard InChI is InChI=1S/C20H20Br2N2O4/c1-13(23-20(26)28-12-14-7-4-3-5-8-14)19(25)24-18-15(11-17(21)22)9-6-10-16(18)27-2/h3-11,13H,12H2,1-2H3,(H,23,26)(H,24,25)/t13-/m0/s1. The van der Waals surface area contributed by atoms with Crippen LogP contribution in [0.2, 0.25) is 0 Å². The molecule has 0 aliphatic carbocycles. The van der Waals surface area contributed by atoms with E-state index in [-0.39, 0.29) is 6.61 Å². The second-order valence-electron chi connectivity index (χ2n) is 5.78. The van der Waals surface area contributed by atoms with Crippen LogP contribution in [0.5, 0.6) is 5.75 Å². The first-order valence-corrected chi connectivity index (χ1v) is 9.97. The normalized spacial score (nSPS) is 11.1. The van der Waals surface area contributed by atoms with E-state index in [1.54, 1.807) is 19.1 Å². The van der Waals surface area contributed by atoms with Gasteiger partial charge in [0.25, 0.3) is 0 Å². The topological polar surface area (TPSA) is 76.7 Å². The Hall–Kier alpha value is -2.32. The summed E-state index contributed by atoms with van der Waals surface area (Å²) in [4.78, 5) is 24.5. The van der Waals surface area contributed by atoms with E-state index in [0.29, 0.717) is 14.8 Å². The Labute approximate surface area is 180 Å². The minimum Gasteiger partial charge on any atom is -0.495 e. The van der Waals surface area contributed by atoms with Gasteiger partial charge in [0.15, 0.2) is 0 Å². The SMILES string of the molecule is COc1cccc(C=C(Br)Br)c1NC(=O)[C@H](C)NC(=O)OCc1ccccc1. The van der Waals surface area contributed by atoms with Crippen molar-refractivity contribution in [2.24, 2.45) is 0 Å². The average molecular weight is 512 g/mol. The summed E-state index contributed by atoms with van der Waals surface area (Å²) in [7, 11) is 1.52. The summed E-state index contributed by atoms with van der Waals surface area (Å²) >= 11 is 6.61. The number of carbonyl (C=O) groups excluding carboxylic acids is 2. The van der Waals surface area contributed by atoms with Gasteiger partial charge in [-0.2, -0.15) is 0 Å². The van der Waals surface area contributed by atoms with Gasteiger partial charge in [-0.05, 0) is 56.5 Å². The zero-order chi connectivity index (χ0) is 20.5. The van der Waals surface area contributed by atoms with Crippen LogP contribution in [0.1, 0.15) is 18.1 Å². The molecule has 28 heavy (non-hydrogen) atoms. The van der Waals surface area contributed by atoms with E-state index >= 15 is 0 Å². The minimum atomic E-state index is -0.808. The van der Waals surface area contributed by atoms with Crippen molar-refractivity contribution in [3.8, 4) is 5.75 Å². The highest BCUT2D eigenvalue weighted by molar-refractivity contribution is 9.28. The Bertz CT molecular complexity index is 853. The van der Waals surface area contributed by atoms with Gasteiger partial charge in [-0.1, -0.05) is 42.5 Å². The van der Waals surface area contributed by atoms with Crippen molar-refractivity contribution in [2.45, 2.75) is 19.6 Å². The van der Waals surface area contributed by atoms with E-state index in [9.17, 15) is 9.59 Å².